The Morgan fingerprint density at radius 1 is 1.18 bits per heavy atom. The zero-order valence-electron chi connectivity index (χ0n) is 9.46. The average molecular weight is 224 g/mol. The second-order valence-corrected chi connectivity index (χ2v) is 3.96. The van der Waals surface area contributed by atoms with Crippen LogP contribution in [0.3, 0.4) is 0 Å². The minimum Gasteiger partial charge on any atom is -0.399 e. The van der Waals surface area contributed by atoms with Crippen molar-refractivity contribution in [1.29, 1.82) is 0 Å². The monoisotopic (exact) mass is 224 g/mol. The summed E-state index contributed by atoms with van der Waals surface area (Å²) >= 11 is 0. The van der Waals surface area contributed by atoms with E-state index in [0.717, 1.165) is 28.2 Å². The first kappa shape index (κ1) is 9.84. The van der Waals surface area contributed by atoms with Crippen molar-refractivity contribution >= 4 is 16.7 Å². The van der Waals surface area contributed by atoms with Crippen molar-refractivity contribution in [3.05, 3.63) is 42.6 Å². The Kier molecular flexibility index (Phi) is 2.08. The number of nitrogens with zero attached hydrogens (tertiary/aromatic N) is 3. The highest BCUT2D eigenvalue weighted by Crippen LogP contribution is 2.23. The molecule has 0 saturated carbocycles. The molecule has 2 N–H and O–H groups in total. The normalized spacial score (nSPS) is 10.9. The fraction of sp³-hybridized carbons (Fsp3) is 0.0769. The molecule has 0 unspecified atom stereocenters. The van der Waals surface area contributed by atoms with Gasteiger partial charge < -0.3 is 10.3 Å². The van der Waals surface area contributed by atoms with E-state index in [2.05, 4.69) is 9.97 Å². The molecule has 0 atom stereocenters. The van der Waals surface area contributed by atoms with E-state index < -0.39 is 0 Å². The second-order valence-electron chi connectivity index (χ2n) is 3.96. The van der Waals surface area contributed by atoms with Crippen molar-refractivity contribution in [3.8, 4) is 11.5 Å². The number of hydrogen-bond acceptors (Lipinski definition) is 3. The predicted molar refractivity (Wildman–Crippen MR) is 68.4 cm³/mol. The number of anilines is 1. The molecule has 0 aliphatic carbocycles. The molecule has 1 aromatic carbocycles. The van der Waals surface area contributed by atoms with Gasteiger partial charge in [-0.25, -0.2) is 4.98 Å². The summed E-state index contributed by atoms with van der Waals surface area (Å²) in [4.78, 5) is 8.88. The number of hydrogen-bond donors (Lipinski definition) is 1. The Morgan fingerprint density at radius 3 is 2.82 bits per heavy atom. The van der Waals surface area contributed by atoms with Crippen molar-refractivity contribution in [2.24, 2.45) is 7.05 Å². The lowest BCUT2D eigenvalue weighted by Crippen LogP contribution is -1.93. The highest BCUT2D eigenvalue weighted by molar-refractivity contribution is 5.82. The molecule has 0 amide bonds. The van der Waals surface area contributed by atoms with Crippen molar-refractivity contribution < 1.29 is 0 Å². The average Bonchev–Trinajstić information content (AvgIpc) is 2.67. The number of fused-ring (bicyclic) bond motifs is 1. The van der Waals surface area contributed by atoms with Crippen molar-refractivity contribution in [1.82, 2.24) is 14.5 Å². The molecule has 0 aliphatic heterocycles. The van der Waals surface area contributed by atoms with Gasteiger partial charge in [-0.1, -0.05) is 6.07 Å². The van der Waals surface area contributed by atoms with Gasteiger partial charge in [-0.2, -0.15) is 0 Å². The Bertz CT molecular complexity index is 670. The third-order valence-corrected chi connectivity index (χ3v) is 2.80. The van der Waals surface area contributed by atoms with Crippen molar-refractivity contribution in [2.45, 2.75) is 0 Å². The van der Waals surface area contributed by atoms with Gasteiger partial charge in [0.1, 0.15) is 5.69 Å². The van der Waals surface area contributed by atoms with Crippen LogP contribution in [0.25, 0.3) is 22.6 Å². The third-order valence-electron chi connectivity index (χ3n) is 2.80. The fourth-order valence-corrected chi connectivity index (χ4v) is 1.94. The minimum atomic E-state index is 0.725. The van der Waals surface area contributed by atoms with E-state index >= 15 is 0 Å². The molecule has 3 rings (SSSR count). The van der Waals surface area contributed by atoms with Crippen LogP contribution in [0, 0.1) is 0 Å². The number of nitrogen functional groups attached to an aromatic ring is 1. The van der Waals surface area contributed by atoms with Crippen LogP contribution in [0.1, 0.15) is 0 Å². The van der Waals surface area contributed by atoms with Gasteiger partial charge in [0.25, 0.3) is 0 Å². The van der Waals surface area contributed by atoms with E-state index in [1.165, 1.54) is 0 Å². The molecule has 0 radical (unpaired) electrons. The molecule has 3 aromatic rings. The van der Waals surface area contributed by atoms with Crippen LogP contribution in [0.15, 0.2) is 42.6 Å². The van der Waals surface area contributed by atoms with Crippen molar-refractivity contribution in [3.63, 3.8) is 0 Å². The lowest BCUT2D eigenvalue weighted by Gasteiger charge is -2.00. The van der Waals surface area contributed by atoms with Gasteiger partial charge in [-0.15, -0.1) is 0 Å². The van der Waals surface area contributed by atoms with Crippen LogP contribution in [-0.2, 0) is 7.05 Å². The lowest BCUT2D eigenvalue weighted by atomic mass is 10.3. The van der Waals surface area contributed by atoms with Crippen LogP contribution in [0.2, 0.25) is 0 Å². The van der Waals surface area contributed by atoms with E-state index in [1.54, 1.807) is 6.20 Å². The number of aryl methyl sites for hydroxylation is 1. The Labute approximate surface area is 98.7 Å². The minimum absolute atomic E-state index is 0.725. The van der Waals surface area contributed by atoms with Crippen LogP contribution >= 0.6 is 0 Å². The van der Waals surface area contributed by atoms with E-state index in [0.29, 0.717) is 0 Å². The Balaban J connectivity index is 2.28. The Hall–Kier alpha value is -2.36. The van der Waals surface area contributed by atoms with Gasteiger partial charge in [0.15, 0.2) is 5.82 Å². The molecule has 4 nitrogen and oxygen atoms in total. The molecule has 0 aliphatic rings. The number of rotatable bonds is 1. The summed E-state index contributed by atoms with van der Waals surface area (Å²) in [7, 11) is 1.98. The fourth-order valence-electron chi connectivity index (χ4n) is 1.94. The molecule has 0 fully saturated rings. The van der Waals surface area contributed by atoms with Crippen LogP contribution in [0.5, 0.6) is 0 Å². The molecular formula is C13H12N4. The highest BCUT2D eigenvalue weighted by Gasteiger charge is 2.10. The van der Waals surface area contributed by atoms with Gasteiger partial charge >= 0.3 is 0 Å². The largest absolute Gasteiger partial charge is 0.399 e. The summed E-state index contributed by atoms with van der Waals surface area (Å²) in [5.74, 6) is 0.853. The number of imidazole rings is 1. The molecule has 2 aromatic heterocycles. The van der Waals surface area contributed by atoms with E-state index in [-0.39, 0.29) is 0 Å². The molecule has 2 heterocycles. The topological polar surface area (TPSA) is 56.7 Å². The van der Waals surface area contributed by atoms with Crippen LogP contribution in [0.4, 0.5) is 5.69 Å². The van der Waals surface area contributed by atoms with E-state index in [1.807, 2.05) is 48.0 Å². The molecule has 0 saturated heterocycles. The number of aromatic nitrogens is 3. The van der Waals surface area contributed by atoms with Gasteiger partial charge in [0, 0.05) is 18.9 Å². The molecule has 4 heteroatoms. The smallest absolute Gasteiger partial charge is 0.159 e. The zero-order chi connectivity index (χ0) is 11.8. The maximum atomic E-state index is 5.76. The maximum absolute atomic E-state index is 5.76. The molecule has 84 valence electrons. The SMILES string of the molecule is Cn1c(-c2ccccn2)nc2cc(N)ccc21. The first-order chi connectivity index (χ1) is 8.25. The summed E-state index contributed by atoms with van der Waals surface area (Å²) in [6, 6.07) is 11.5. The van der Waals surface area contributed by atoms with Crippen molar-refractivity contribution in [2.75, 3.05) is 5.73 Å². The van der Waals surface area contributed by atoms with Gasteiger partial charge in [0.2, 0.25) is 0 Å². The highest BCUT2D eigenvalue weighted by atomic mass is 15.1. The maximum Gasteiger partial charge on any atom is 0.159 e. The van der Waals surface area contributed by atoms with Crippen LogP contribution < -0.4 is 5.73 Å². The van der Waals surface area contributed by atoms with Crippen LogP contribution in [-0.4, -0.2) is 14.5 Å². The molecule has 0 bridgehead atoms. The molecule has 0 spiro atoms. The predicted octanol–water partition coefficient (Wildman–Crippen LogP) is 2.22. The summed E-state index contributed by atoms with van der Waals surface area (Å²) in [6.45, 7) is 0. The first-order valence-corrected chi connectivity index (χ1v) is 5.39. The van der Waals surface area contributed by atoms with Gasteiger partial charge in [0.05, 0.1) is 11.0 Å². The standard InChI is InChI=1S/C13H12N4/c1-17-12-6-5-9(14)8-11(12)16-13(17)10-4-2-3-7-15-10/h2-8H,14H2,1H3. The van der Waals surface area contributed by atoms with Gasteiger partial charge in [-0.05, 0) is 30.3 Å². The summed E-state index contributed by atoms with van der Waals surface area (Å²) in [5.41, 5.74) is 9.30. The van der Waals surface area contributed by atoms with E-state index in [9.17, 15) is 0 Å². The quantitative estimate of drug-likeness (QED) is 0.645. The Morgan fingerprint density at radius 2 is 2.06 bits per heavy atom. The van der Waals surface area contributed by atoms with Gasteiger partial charge in [-0.3, -0.25) is 4.98 Å². The van der Waals surface area contributed by atoms with E-state index in [4.69, 9.17) is 5.73 Å². The number of benzene rings is 1. The lowest BCUT2D eigenvalue weighted by molar-refractivity contribution is 0.950. The number of nitrogens with two attached hydrogens (primary N) is 1. The second kappa shape index (κ2) is 3.59. The third kappa shape index (κ3) is 1.54. The number of pyridine rings is 1. The first-order valence-electron chi connectivity index (χ1n) is 5.39. The summed E-state index contributed by atoms with van der Waals surface area (Å²) in [5, 5.41) is 0. The molecule has 17 heavy (non-hydrogen) atoms. The summed E-state index contributed by atoms with van der Waals surface area (Å²) < 4.78 is 2.02. The molecular weight excluding hydrogens is 212 g/mol. The summed E-state index contributed by atoms with van der Waals surface area (Å²) in [6.07, 6.45) is 1.77. The zero-order valence-corrected chi connectivity index (χ0v) is 9.46.